The number of anilines is 1. The molecule has 0 amide bonds. The predicted molar refractivity (Wildman–Crippen MR) is 75.3 cm³/mol. The SMILES string of the molecule is CS(=O)(=O)c1cccc(NN2CCCCC2)c1[N+](=O)[O-]. The predicted octanol–water partition coefficient (Wildman–Crippen LogP) is 1.81. The molecule has 1 saturated heterocycles. The number of para-hydroxylation sites is 1. The van der Waals surface area contributed by atoms with E-state index in [4.69, 9.17) is 0 Å². The summed E-state index contributed by atoms with van der Waals surface area (Å²) in [4.78, 5) is 10.3. The molecular weight excluding hydrogens is 282 g/mol. The number of rotatable bonds is 4. The first-order chi connectivity index (χ1) is 9.39. The van der Waals surface area contributed by atoms with Crippen LogP contribution in [-0.2, 0) is 9.84 Å². The summed E-state index contributed by atoms with van der Waals surface area (Å²) in [5.41, 5.74) is 2.80. The summed E-state index contributed by atoms with van der Waals surface area (Å²) in [6.45, 7) is 1.58. The smallest absolute Gasteiger partial charge is 0.312 e. The molecule has 20 heavy (non-hydrogen) atoms. The Morgan fingerprint density at radius 1 is 1.25 bits per heavy atom. The maximum absolute atomic E-state index is 11.7. The standard InChI is InChI=1S/C12H17N3O4S/c1-20(18,19)11-7-5-6-10(12(11)15(16)17)13-14-8-3-2-4-9-14/h5-7,13H,2-4,8-9H2,1H3. The van der Waals surface area contributed by atoms with Gasteiger partial charge in [-0.1, -0.05) is 12.5 Å². The van der Waals surface area contributed by atoms with E-state index >= 15 is 0 Å². The van der Waals surface area contributed by atoms with E-state index in [1.54, 1.807) is 0 Å². The Morgan fingerprint density at radius 2 is 1.90 bits per heavy atom. The van der Waals surface area contributed by atoms with Gasteiger partial charge < -0.3 is 5.43 Å². The van der Waals surface area contributed by atoms with E-state index in [2.05, 4.69) is 5.43 Å². The van der Waals surface area contributed by atoms with Gasteiger partial charge in [-0.3, -0.25) is 10.1 Å². The molecule has 0 radical (unpaired) electrons. The van der Waals surface area contributed by atoms with Crippen molar-refractivity contribution in [2.75, 3.05) is 24.8 Å². The second kappa shape index (κ2) is 5.76. The Balaban J connectivity index is 2.39. The summed E-state index contributed by atoms with van der Waals surface area (Å²) in [6, 6.07) is 4.30. The van der Waals surface area contributed by atoms with Crippen molar-refractivity contribution in [1.82, 2.24) is 5.01 Å². The van der Waals surface area contributed by atoms with E-state index in [1.165, 1.54) is 18.2 Å². The fourth-order valence-electron chi connectivity index (χ4n) is 2.28. The summed E-state index contributed by atoms with van der Waals surface area (Å²) < 4.78 is 23.3. The zero-order valence-corrected chi connectivity index (χ0v) is 12.0. The number of hydrogen-bond acceptors (Lipinski definition) is 6. The summed E-state index contributed by atoms with van der Waals surface area (Å²) in [6.07, 6.45) is 4.16. The molecule has 0 aromatic heterocycles. The number of nitro groups is 1. The van der Waals surface area contributed by atoms with Crippen LogP contribution in [0.1, 0.15) is 19.3 Å². The summed E-state index contributed by atoms with van der Waals surface area (Å²) in [7, 11) is -3.64. The largest absolute Gasteiger partial charge is 0.313 e. The van der Waals surface area contributed by atoms with Crippen LogP contribution >= 0.6 is 0 Å². The van der Waals surface area contributed by atoms with Gasteiger partial charge in [-0.2, -0.15) is 0 Å². The minimum atomic E-state index is -3.64. The summed E-state index contributed by atoms with van der Waals surface area (Å²) in [5, 5.41) is 13.1. The summed E-state index contributed by atoms with van der Waals surface area (Å²) >= 11 is 0. The Kier molecular flexibility index (Phi) is 4.24. The average molecular weight is 299 g/mol. The maximum Gasteiger partial charge on any atom is 0.312 e. The molecule has 110 valence electrons. The number of nitrogens with one attached hydrogen (secondary N) is 1. The van der Waals surface area contributed by atoms with Crippen molar-refractivity contribution >= 4 is 21.2 Å². The second-order valence-electron chi connectivity index (χ2n) is 4.84. The first kappa shape index (κ1) is 14.7. The molecule has 0 spiro atoms. The van der Waals surface area contributed by atoms with E-state index in [1.807, 2.05) is 5.01 Å². The van der Waals surface area contributed by atoms with Crippen LogP contribution in [0, 0.1) is 10.1 Å². The number of benzene rings is 1. The van der Waals surface area contributed by atoms with Gasteiger partial charge in [0.25, 0.3) is 0 Å². The topological polar surface area (TPSA) is 92.6 Å². The lowest BCUT2D eigenvalue weighted by Gasteiger charge is -2.27. The van der Waals surface area contributed by atoms with Gasteiger partial charge in [0, 0.05) is 19.3 Å². The summed E-state index contributed by atoms with van der Waals surface area (Å²) in [5.74, 6) is 0. The Morgan fingerprint density at radius 3 is 2.45 bits per heavy atom. The molecule has 0 bridgehead atoms. The molecule has 0 atom stereocenters. The first-order valence-corrected chi connectivity index (χ1v) is 8.28. The number of piperidine rings is 1. The lowest BCUT2D eigenvalue weighted by molar-refractivity contribution is -0.387. The van der Waals surface area contributed by atoms with Crippen LogP contribution in [0.25, 0.3) is 0 Å². The van der Waals surface area contributed by atoms with Crippen molar-refractivity contribution in [3.63, 3.8) is 0 Å². The second-order valence-corrected chi connectivity index (χ2v) is 6.83. The van der Waals surface area contributed by atoms with Gasteiger partial charge in [0.2, 0.25) is 0 Å². The van der Waals surface area contributed by atoms with Crippen LogP contribution in [0.4, 0.5) is 11.4 Å². The molecule has 1 aromatic rings. The molecule has 7 nitrogen and oxygen atoms in total. The third-order valence-corrected chi connectivity index (χ3v) is 4.34. The Bertz CT molecular complexity index is 609. The maximum atomic E-state index is 11.7. The highest BCUT2D eigenvalue weighted by atomic mass is 32.2. The molecule has 0 aliphatic carbocycles. The van der Waals surface area contributed by atoms with Crippen molar-refractivity contribution in [3.05, 3.63) is 28.3 Å². The quantitative estimate of drug-likeness (QED) is 0.673. The molecule has 1 N–H and O–H groups in total. The third-order valence-electron chi connectivity index (χ3n) is 3.22. The van der Waals surface area contributed by atoms with Crippen molar-refractivity contribution in [1.29, 1.82) is 0 Å². The van der Waals surface area contributed by atoms with Gasteiger partial charge in [0.15, 0.2) is 9.84 Å². The van der Waals surface area contributed by atoms with E-state index in [9.17, 15) is 18.5 Å². The highest BCUT2D eigenvalue weighted by Gasteiger charge is 2.27. The van der Waals surface area contributed by atoms with E-state index in [-0.39, 0.29) is 16.3 Å². The van der Waals surface area contributed by atoms with Crippen LogP contribution in [-0.4, -0.2) is 37.7 Å². The van der Waals surface area contributed by atoms with Crippen LogP contribution in [0.15, 0.2) is 23.1 Å². The van der Waals surface area contributed by atoms with E-state index in [0.29, 0.717) is 0 Å². The van der Waals surface area contributed by atoms with Crippen molar-refractivity contribution in [2.45, 2.75) is 24.2 Å². The zero-order valence-electron chi connectivity index (χ0n) is 11.2. The number of nitrogens with zero attached hydrogens (tertiary/aromatic N) is 2. The number of hydrogen-bond donors (Lipinski definition) is 1. The van der Waals surface area contributed by atoms with E-state index in [0.717, 1.165) is 38.6 Å². The molecule has 0 saturated carbocycles. The molecule has 1 aliphatic heterocycles. The van der Waals surface area contributed by atoms with Crippen LogP contribution in [0.5, 0.6) is 0 Å². The highest BCUT2D eigenvalue weighted by molar-refractivity contribution is 7.90. The zero-order chi connectivity index (χ0) is 14.8. The van der Waals surface area contributed by atoms with Gasteiger partial charge in [-0.05, 0) is 25.0 Å². The van der Waals surface area contributed by atoms with Crippen LogP contribution in [0.3, 0.4) is 0 Å². The Hall–Kier alpha value is -1.67. The minimum Gasteiger partial charge on any atom is -0.313 e. The van der Waals surface area contributed by atoms with Crippen molar-refractivity contribution < 1.29 is 13.3 Å². The number of hydrazine groups is 1. The van der Waals surface area contributed by atoms with Gasteiger partial charge in [0.05, 0.1) is 4.92 Å². The molecule has 0 unspecified atom stereocenters. The Labute approximate surface area is 117 Å². The van der Waals surface area contributed by atoms with Gasteiger partial charge in [-0.25, -0.2) is 13.4 Å². The van der Waals surface area contributed by atoms with E-state index < -0.39 is 14.8 Å². The highest BCUT2D eigenvalue weighted by Crippen LogP contribution is 2.32. The molecule has 1 aromatic carbocycles. The first-order valence-electron chi connectivity index (χ1n) is 6.38. The van der Waals surface area contributed by atoms with Gasteiger partial charge in [0.1, 0.15) is 10.6 Å². The fraction of sp³-hybridized carbons (Fsp3) is 0.500. The molecule has 1 aliphatic rings. The average Bonchev–Trinajstić information content (AvgIpc) is 2.38. The monoisotopic (exact) mass is 299 g/mol. The lowest BCUT2D eigenvalue weighted by Crippen LogP contribution is -2.35. The third kappa shape index (κ3) is 3.26. The molecule has 2 rings (SSSR count). The van der Waals surface area contributed by atoms with Gasteiger partial charge in [-0.15, -0.1) is 0 Å². The molecule has 1 heterocycles. The van der Waals surface area contributed by atoms with Crippen molar-refractivity contribution in [3.8, 4) is 0 Å². The van der Waals surface area contributed by atoms with Crippen molar-refractivity contribution in [2.24, 2.45) is 0 Å². The molecule has 1 fully saturated rings. The van der Waals surface area contributed by atoms with Crippen LogP contribution in [0.2, 0.25) is 0 Å². The van der Waals surface area contributed by atoms with Crippen LogP contribution < -0.4 is 5.43 Å². The number of sulfone groups is 1. The minimum absolute atomic E-state index is 0.222. The van der Waals surface area contributed by atoms with Gasteiger partial charge >= 0.3 is 5.69 Å². The fourth-order valence-corrected chi connectivity index (χ4v) is 3.14. The normalized spacial score (nSPS) is 16.9. The molecular formula is C12H17N3O4S. The molecule has 8 heteroatoms. The lowest BCUT2D eigenvalue weighted by atomic mass is 10.2. The number of nitro benzene ring substituents is 1.